The van der Waals surface area contributed by atoms with Crippen LogP contribution in [-0.2, 0) is 61.9 Å². The molecule has 216 valence electrons. The smallest absolute Gasteiger partial charge is 0.303 e. The van der Waals surface area contributed by atoms with E-state index in [1.165, 1.54) is 20.8 Å². The van der Waals surface area contributed by atoms with Crippen LogP contribution in [0.25, 0.3) is 0 Å². The molecule has 2 aliphatic heterocycles. The van der Waals surface area contributed by atoms with Gasteiger partial charge in [-0.05, 0) is 12.8 Å². The molecule has 0 bridgehead atoms. The highest BCUT2D eigenvalue weighted by Crippen LogP contribution is 2.37. The maximum atomic E-state index is 12.1. The molecule has 0 amide bonds. The van der Waals surface area contributed by atoms with E-state index in [4.69, 9.17) is 37.9 Å². The minimum Gasteiger partial charge on any atom is -0.458 e. The van der Waals surface area contributed by atoms with Crippen molar-refractivity contribution in [3.63, 3.8) is 0 Å². The Hall–Kier alpha value is -2.61. The highest BCUT2D eigenvalue weighted by molar-refractivity contribution is 5.68. The lowest BCUT2D eigenvalue weighted by Crippen LogP contribution is -2.64. The first kappa shape index (κ1) is 31.6. The molecule has 2 aliphatic rings. The Bertz CT molecular complexity index is 845. The van der Waals surface area contributed by atoms with Gasteiger partial charge in [0.15, 0.2) is 30.9 Å². The summed E-state index contributed by atoms with van der Waals surface area (Å²) in [6.07, 6.45) is -8.12. The summed E-state index contributed by atoms with van der Waals surface area (Å²) in [5.74, 6) is -3.01. The topological polar surface area (TPSA) is 159 Å². The van der Waals surface area contributed by atoms with Crippen LogP contribution >= 0.6 is 0 Å². The van der Waals surface area contributed by atoms with Crippen molar-refractivity contribution in [2.24, 2.45) is 5.92 Å². The molecule has 2 fully saturated rings. The SMILES string of the molecule is CC[C@H]1O[C@@H](OCC=O)[C@H](OC(C)=O)[C@@H](OC(C)=O)C1O[C@H]1O[C@H](CC)[C@@H](C)[C@H](OC(C)=O)[C@H]1OC(C)=O. The molecule has 0 aromatic carbocycles. The first-order chi connectivity index (χ1) is 17.9. The number of rotatable bonds is 11. The standard InChI is InChI=1S/C25H38O13/c1-8-17-12(3)19(32-13(4)27)22(34-15(6)29)25(36-17)38-20-18(9-2)37-24(31-11-10-26)23(35-16(7)30)21(20)33-14(5)28/h10,12,17-25H,8-9,11H2,1-7H3/t12-,17-,18-,19+,20?,21+,22-,23-,24-,25-/m1/s1. The van der Waals surface area contributed by atoms with E-state index in [0.29, 0.717) is 19.1 Å². The number of carbonyl (C=O) groups excluding carboxylic acids is 5. The predicted molar refractivity (Wildman–Crippen MR) is 126 cm³/mol. The number of esters is 4. The predicted octanol–water partition coefficient (Wildman–Crippen LogP) is 1.22. The Balaban J connectivity index is 2.52. The van der Waals surface area contributed by atoms with E-state index in [1.807, 2.05) is 6.92 Å². The zero-order valence-corrected chi connectivity index (χ0v) is 22.8. The van der Waals surface area contributed by atoms with Gasteiger partial charge in [-0.3, -0.25) is 19.2 Å². The van der Waals surface area contributed by atoms with E-state index in [-0.39, 0.29) is 12.5 Å². The van der Waals surface area contributed by atoms with Crippen molar-refractivity contribution in [1.82, 2.24) is 0 Å². The Labute approximate surface area is 221 Å². The monoisotopic (exact) mass is 546 g/mol. The number of aldehydes is 1. The van der Waals surface area contributed by atoms with Crippen molar-refractivity contribution in [1.29, 1.82) is 0 Å². The van der Waals surface area contributed by atoms with Gasteiger partial charge in [-0.1, -0.05) is 20.8 Å². The van der Waals surface area contributed by atoms with Crippen molar-refractivity contribution in [2.45, 2.75) is 117 Å². The lowest BCUT2D eigenvalue weighted by Gasteiger charge is -2.48. The molecule has 13 nitrogen and oxygen atoms in total. The van der Waals surface area contributed by atoms with Crippen LogP contribution in [0.15, 0.2) is 0 Å². The lowest BCUT2D eigenvalue weighted by molar-refractivity contribution is -0.352. The van der Waals surface area contributed by atoms with Gasteiger partial charge in [-0.25, -0.2) is 0 Å². The maximum absolute atomic E-state index is 12.1. The van der Waals surface area contributed by atoms with Gasteiger partial charge in [-0.15, -0.1) is 0 Å². The number of carbonyl (C=O) groups is 5. The molecule has 10 atom stereocenters. The number of ether oxygens (including phenoxy) is 8. The van der Waals surface area contributed by atoms with Crippen LogP contribution < -0.4 is 0 Å². The summed E-state index contributed by atoms with van der Waals surface area (Å²) in [6, 6.07) is 0. The van der Waals surface area contributed by atoms with Gasteiger partial charge < -0.3 is 42.7 Å². The van der Waals surface area contributed by atoms with Crippen LogP contribution in [0.4, 0.5) is 0 Å². The van der Waals surface area contributed by atoms with Gasteiger partial charge in [0.05, 0.1) is 12.2 Å². The Morgan fingerprint density at radius 3 is 1.58 bits per heavy atom. The van der Waals surface area contributed by atoms with Crippen molar-refractivity contribution >= 4 is 30.2 Å². The van der Waals surface area contributed by atoms with E-state index >= 15 is 0 Å². The highest BCUT2D eigenvalue weighted by atomic mass is 16.8. The van der Waals surface area contributed by atoms with E-state index in [0.717, 1.165) is 6.92 Å². The largest absolute Gasteiger partial charge is 0.458 e. The lowest BCUT2D eigenvalue weighted by atomic mass is 9.88. The molecule has 2 heterocycles. The van der Waals surface area contributed by atoms with Crippen LogP contribution in [0, 0.1) is 5.92 Å². The van der Waals surface area contributed by atoms with E-state index < -0.39 is 79.2 Å². The zero-order valence-electron chi connectivity index (χ0n) is 22.8. The number of hydrogen-bond acceptors (Lipinski definition) is 13. The summed E-state index contributed by atoms with van der Waals surface area (Å²) in [7, 11) is 0. The van der Waals surface area contributed by atoms with Crippen LogP contribution in [-0.4, -0.2) is 92.1 Å². The average molecular weight is 547 g/mol. The van der Waals surface area contributed by atoms with Gasteiger partial charge in [0.25, 0.3) is 0 Å². The fourth-order valence-electron chi connectivity index (χ4n) is 4.73. The van der Waals surface area contributed by atoms with Crippen molar-refractivity contribution in [2.75, 3.05) is 6.61 Å². The molecule has 0 aromatic rings. The van der Waals surface area contributed by atoms with Crippen LogP contribution in [0.5, 0.6) is 0 Å². The third kappa shape index (κ3) is 8.19. The summed E-state index contributed by atoms with van der Waals surface area (Å²) in [6.45, 7) is 9.86. The molecule has 2 rings (SSSR count). The zero-order chi connectivity index (χ0) is 28.6. The average Bonchev–Trinajstić information content (AvgIpc) is 2.83. The van der Waals surface area contributed by atoms with E-state index in [1.54, 1.807) is 13.8 Å². The van der Waals surface area contributed by atoms with Gasteiger partial charge >= 0.3 is 23.9 Å². The fourth-order valence-corrected chi connectivity index (χ4v) is 4.73. The summed E-state index contributed by atoms with van der Waals surface area (Å²) in [4.78, 5) is 58.9. The summed E-state index contributed by atoms with van der Waals surface area (Å²) >= 11 is 0. The molecule has 0 aromatic heterocycles. The third-order valence-electron chi connectivity index (χ3n) is 6.23. The van der Waals surface area contributed by atoms with Gasteiger partial charge in [-0.2, -0.15) is 0 Å². The molecule has 13 heteroatoms. The molecule has 0 radical (unpaired) electrons. The fraction of sp³-hybridized carbons (Fsp3) is 0.800. The Kier molecular flexibility index (Phi) is 12.1. The molecule has 0 N–H and O–H groups in total. The first-order valence-corrected chi connectivity index (χ1v) is 12.6. The normalized spacial score (nSPS) is 35.0. The van der Waals surface area contributed by atoms with Crippen molar-refractivity contribution in [3.05, 3.63) is 0 Å². The summed E-state index contributed by atoms with van der Waals surface area (Å²) in [5, 5.41) is 0. The van der Waals surface area contributed by atoms with Crippen LogP contribution in [0.1, 0.15) is 61.3 Å². The first-order valence-electron chi connectivity index (χ1n) is 12.6. The Morgan fingerprint density at radius 2 is 1.11 bits per heavy atom. The second-order valence-corrected chi connectivity index (χ2v) is 9.16. The maximum Gasteiger partial charge on any atom is 0.303 e. The summed E-state index contributed by atoms with van der Waals surface area (Å²) < 4.78 is 45.9. The quantitative estimate of drug-likeness (QED) is 0.207. The van der Waals surface area contributed by atoms with E-state index in [9.17, 15) is 24.0 Å². The Morgan fingerprint density at radius 1 is 0.658 bits per heavy atom. The van der Waals surface area contributed by atoms with Gasteiger partial charge in [0.1, 0.15) is 25.1 Å². The van der Waals surface area contributed by atoms with Crippen LogP contribution in [0.3, 0.4) is 0 Å². The minimum absolute atomic E-state index is 0.322. The second-order valence-electron chi connectivity index (χ2n) is 9.16. The number of hydrogen-bond donors (Lipinski definition) is 0. The molecule has 0 spiro atoms. The molecule has 1 unspecified atom stereocenters. The molecule has 2 saturated heterocycles. The van der Waals surface area contributed by atoms with Gasteiger partial charge in [0.2, 0.25) is 0 Å². The van der Waals surface area contributed by atoms with Crippen molar-refractivity contribution < 1.29 is 61.9 Å². The third-order valence-corrected chi connectivity index (χ3v) is 6.23. The molecule has 0 saturated carbocycles. The summed E-state index contributed by atoms with van der Waals surface area (Å²) in [5.41, 5.74) is 0. The second kappa shape index (κ2) is 14.5. The molecule has 0 aliphatic carbocycles. The molecular formula is C25H38O13. The molecular weight excluding hydrogens is 508 g/mol. The van der Waals surface area contributed by atoms with E-state index in [2.05, 4.69) is 0 Å². The van der Waals surface area contributed by atoms with Crippen molar-refractivity contribution in [3.8, 4) is 0 Å². The van der Waals surface area contributed by atoms with Gasteiger partial charge in [0, 0.05) is 33.6 Å². The molecule has 38 heavy (non-hydrogen) atoms. The minimum atomic E-state index is -1.30. The highest BCUT2D eigenvalue weighted by Gasteiger charge is 2.55. The van der Waals surface area contributed by atoms with Crippen LogP contribution in [0.2, 0.25) is 0 Å².